The molecule has 2 aromatic heterocycles. The average Bonchev–Trinajstić information content (AvgIpc) is 3.07. The maximum atomic E-state index is 6.13. The van der Waals surface area contributed by atoms with E-state index in [4.69, 9.17) is 16.3 Å². The van der Waals surface area contributed by atoms with Gasteiger partial charge >= 0.3 is 0 Å². The van der Waals surface area contributed by atoms with Crippen molar-refractivity contribution in [1.29, 1.82) is 0 Å². The van der Waals surface area contributed by atoms with E-state index >= 15 is 0 Å². The fraction of sp³-hybridized carbons (Fsp3) is 0.0556. The maximum absolute atomic E-state index is 6.13. The third kappa shape index (κ3) is 2.99. The van der Waals surface area contributed by atoms with Gasteiger partial charge in [-0.25, -0.2) is 4.68 Å². The van der Waals surface area contributed by atoms with Gasteiger partial charge in [0.1, 0.15) is 11.6 Å². The number of nitrogens with one attached hydrogen (secondary N) is 1. The second-order valence-electron chi connectivity index (χ2n) is 5.32. The normalized spacial score (nSPS) is 10.8. The maximum Gasteiger partial charge on any atom is 0.226 e. The lowest BCUT2D eigenvalue weighted by Crippen LogP contribution is -2.00. The number of hydrogen-bond acceptors (Lipinski definition) is 5. The standard InChI is InChI=1S/C18H14ClN5O/c1-25-14-9-7-12(8-10-14)21-16-15-11-20-24(13-5-3-2-4-6-13)17(15)23-18(19)22-16/h2-11H,1H3,(H,21,22,23). The molecule has 2 heterocycles. The quantitative estimate of drug-likeness (QED) is 0.558. The fourth-order valence-corrected chi connectivity index (χ4v) is 2.71. The molecule has 0 aliphatic rings. The lowest BCUT2D eigenvalue weighted by molar-refractivity contribution is 0.415. The van der Waals surface area contributed by atoms with Crippen LogP contribution >= 0.6 is 11.6 Å². The van der Waals surface area contributed by atoms with Gasteiger partial charge in [0, 0.05) is 5.69 Å². The Morgan fingerprint density at radius 3 is 2.48 bits per heavy atom. The summed E-state index contributed by atoms with van der Waals surface area (Å²) in [5.74, 6) is 1.38. The molecule has 4 rings (SSSR count). The summed E-state index contributed by atoms with van der Waals surface area (Å²) in [5.41, 5.74) is 2.41. The van der Waals surface area contributed by atoms with E-state index in [9.17, 15) is 0 Å². The first-order valence-electron chi connectivity index (χ1n) is 7.62. The number of halogens is 1. The van der Waals surface area contributed by atoms with Crippen LogP contribution in [0, 0.1) is 0 Å². The number of fused-ring (bicyclic) bond motifs is 1. The molecule has 0 aliphatic heterocycles. The van der Waals surface area contributed by atoms with E-state index in [2.05, 4.69) is 20.4 Å². The topological polar surface area (TPSA) is 64.9 Å². The van der Waals surface area contributed by atoms with E-state index < -0.39 is 0 Å². The Morgan fingerprint density at radius 1 is 1.00 bits per heavy atom. The Labute approximate surface area is 149 Å². The zero-order valence-electron chi connectivity index (χ0n) is 13.3. The van der Waals surface area contributed by atoms with Crippen LogP contribution < -0.4 is 10.1 Å². The van der Waals surface area contributed by atoms with Crippen molar-refractivity contribution < 1.29 is 4.74 Å². The molecule has 0 atom stereocenters. The highest BCUT2D eigenvalue weighted by atomic mass is 35.5. The molecule has 0 aliphatic carbocycles. The smallest absolute Gasteiger partial charge is 0.226 e. The van der Waals surface area contributed by atoms with Gasteiger partial charge in [0.15, 0.2) is 5.65 Å². The molecular formula is C18H14ClN5O. The number of para-hydroxylation sites is 1. The first-order chi connectivity index (χ1) is 12.2. The molecule has 0 saturated heterocycles. The Bertz CT molecular complexity index is 1020. The van der Waals surface area contributed by atoms with Crippen LogP contribution in [-0.4, -0.2) is 26.9 Å². The molecule has 1 N–H and O–H groups in total. The Hall–Kier alpha value is -3.12. The summed E-state index contributed by atoms with van der Waals surface area (Å²) in [6, 6.07) is 17.3. The highest BCUT2D eigenvalue weighted by molar-refractivity contribution is 6.28. The van der Waals surface area contributed by atoms with Crippen LogP contribution in [0.5, 0.6) is 5.75 Å². The second kappa shape index (κ2) is 6.41. The SMILES string of the molecule is COc1ccc(Nc2nc(Cl)nc3c2cnn3-c2ccccc2)cc1. The third-order valence-electron chi connectivity index (χ3n) is 3.75. The molecule has 6 nitrogen and oxygen atoms in total. The molecule has 0 radical (unpaired) electrons. The summed E-state index contributed by atoms with van der Waals surface area (Å²) in [6.45, 7) is 0. The summed E-state index contributed by atoms with van der Waals surface area (Å²) in [5, 5.41) is 8.63. The predicted octanol–water partition coefficient (Wildman–Crippen LogP) is 4.22. The minimum absolute atomic E-state index is 0.154. The van der Waals surface area contributed by atoms with Gasteiger partial charge in [0.2, 0.25) is 5.28 Å². The molecule has 2 aromatic carbocycles. The average molecular weight is 352 g/mol. The molecule has 0 bridgehead atoms. The molecule has 0 amide bonds. The number of aromatic nitrogens is 4. The molecule has 25 heavy (non-hydrogen) atoms. The molecule has 0 fully saturated rings. The minimum atomic E-state index is 0.154. The van der Waals surface area contributed by atoms with E-state index in [1.807, 2.05) is 54.6 Å². The van der Waals surface area contributed by atoms with Crippen molar-refractivity contribution in [2.75, 3.05) is 12.4 Å². The Kier molecular flexibility index (Phi) is 3.95. The lowest BCUT2D eigenvalue weighted by atomic mass is 10.3. The van der Waals surface area contributed by atoms with Crippen LogP contribution in [0.25, 0.3) is 16.7 Å². The van der Waals surface area contributed by atoms with Crippen LogP contribution in [-0.2, 0) is 0 Å². The van der Waals surface area contributed by atoms with Gasteiger partial charge in [-0.3, -0.25) is 0 Å². The van der Waals surface area contributed by atoms with Crippen molar-refractivity contribution in [3.8, 4) is 11.4 Å². The number of ether oxygens (including phenoxy) is 1. The van der Waals surface area contributed by atoms with E-state index in [1.54, 1.807) is 18.0 Å². The summed E-state index contributed by atoms with van der Waals surface area (Å²) >= 11 is 6.13. The second-order valence-corrected chi connectivity index (χ2v) is 5.66. The van der Waals surface area contributed by atoms with Crippen LogP contribution in [0.3, 0.4) is 0 Å². The van der Waals surface area contributed by atoms with Gasteiger partial charge in [-0.1, -0.05) is 18.2 Å². The molecule has 4 aromatic rings. The van der Waals surface area contributed by atoms with Crippen LogP contribution in [0.4, 0.5) is 11.5 Å². The molecular weight excluding hydrogens is 338 g/mol. The first kappa shape index (κ1) is 15.4. The molecule has 124 valence electrons. The van der Waals surface area contributed by atoms with Crippen LogP contribution in [0.1, 0.15) is 0 Å². The van der Waals surface area contributed by atoms with Crippen LogP contribution in [0.15, 0.2) is 60.8 Å². The number of hydrogen-bond donors (Lipinski definition) is 1. The summed E-state index contributed by atoms with van der Waals surface area (Å²) in [6.07, 6.45) is 1.73. The summed E-state index contributed by atoms with van der Waals surface area (Å²) in [7, 11) is 1.63. The molecule has 0 unspecified atom stereocenters. The Morgan fingerprint density at radius 2 is 1.76 bits per heavy atom. The highest BCUT2D eigenvalue weighted by Gasteiger charge is 2.13. The Balaban J connectivity index is 1.78. The fourth-order valence-electron chi connectivity index (χ4n) is 2.55. The van der Waals surface area contributed by atoms with Gasteiger partial charge in [-0.05, 0) is 48.0 Å². The number of methoxy groups -OCH3 is 1. The molecule has 0 spiro atoms. The minimum Gasteiger partial charge on any atom is -0.497 e. The zero-order valence-corrected chi connectivity index (χ0v) is 14.1. The van der Waals surface area contributed by atoms with Crippen molar-refractivity contribution in [2.24, 2.45) is 0 Å². The van der Waals surface area contributed by atoms with Gasteiger partial charge in [0.05, 0.1) is 24.4 Å². The number of benzene rings is 2. The van der Waals surface area contributed by atoms with Crippen molar-refractivity contribution in [3.05, 3.63) is 66.1 Å². The summed E-state index contributed by atoms with van der Waals surface area (Å²) in [4.78, 5) is 8.64. The van der Waals surface area contributed by atoms with E-state index in [0.717, 1.165) is 22.5 Å². The number of rotatable bonds is 4. The van der Waals surface area contributed by atoms with Gasteiger partial charge < -0.3 is 10.1 Å². The third-order valence-corrected chi connectivity index (χ3v) is 3.92. The van der Waals surface area contributed by atoms with Crippen molar-refractivity contribution in [1.82, 2.24) is 19.7 Å². The van der Waals surface area contributed by atoms with Crippen LogP contribution in [0.2, 0.25) is 5.28 Å². The van der Waals surface area contributed by atoms with E-state index in [1.165, 1.54) is 0 Å². The largest absolute Gasteiger partial charge is 0.497 e. The zero-order chi connectivity index (χ0) is 17.2. The van der Waals surface area contributed by atoms with Crippen molar-refractivity contribution in [2.45, 2.75) is 0 Å². The lowest BCUT2D eigenvalue weighted by Gasteiger charge is -2.08. The number of anilines is 2. The predicted molar refractivity (Wildman–Crippen MR) is 97.9 cm³/mol. The molecule has 7 heteroatoms. The monoisotopic (exact) mass is 351 g/mol. The molecule has 0 saturated carbocycles. The van der Waals surface area contributed by atoms with Gasteiger partial charge in [-0.2, -0.15) is 15.1 Å². The van der Waals surface area contributed by atoms with Crippen molar-refractivity contribution >= 4 is 34.1 Å². The van der Waals surface area contributed by atoms with E-state index in [-0.39, 0.29) is 5.28 Å². The van der Waals surface area contributed by atoms with Gasteiger partial charge in [-0.15, -0.1) is 0 Å². The van der Waals surface area contributed by atoms with E-state index in [0.29, 0.717) is 11.5 Å². The first-order valence-corrected chi connectivity index (χ1v) is 8.00. The van der Waals surface area contributed by atoms with Crippen molar-refractivity contribution in [3.63, 3.8) is 0 Å². The number of nitrogens with zero attached hydrogens (tertiary/aromatic N) is 4. The van der Waals surface area contributed by atoms with Gasteiger partial charge in [0.25, 0.3) is 0 Å². The summed E-state index contributed by atoms with van der Waals surface area (Å²) < 4.78 is 6.91. The highest BCUT2D eigenvalue weighted by Crippen LogP contribution is 2.27.